The molecule has 0 heterocycles. The molecule has 0 spiro atoms. The van der Waals surface area contributed by atoms with E-state index in [4.69, 9.17) is 0 Å². The Morgan fingerprint density at radius 2 is 1.29 bits per heavy atom. The number of hydrogen-bond donors (Lipinski definition) is 0. The Labute approximate surface area is 89.3 Å². The highest BCUT2D eigenvalue weighted by molar-refractivity contribution is 5.93. The minimum absolute atomic E-state index is 0.0764. The molecule has 0 aromatic carbocycles. The van der Waals surface area contributed by atoms with Gasteiger partial charge in [-0.3, -0.25) is 4.79 Å². The zero-order valence-electron chi connectivity index (χ0n) is 10.8. The lowest BCUT2D eigenvalue weighted by Crippen LogP contribution is -2.24. The van der Waals surface area contributed by atoms with E-state index in [9.17, 15) is 4.79 Å². The van der Waals surface area contributed by atoms with E-state index in [-0.39, 0.29) is 5.91 Å². The van der Waals surface area contributed by atoms with E-state index in [0.717, 1.165) is 5.70 Å². The van der Waals surface area contributed by atoms with Gasteiger partial charge in [0.15, 0.2) is 0 Å². The topological polar surface area (TPSA) is 20.3 Å². The minimum Gasteiger partial charge on any atom is -0.316 e. The van der Waals surface area contributed by atoms with Crippen LogP contribution in [0.25, 0.3) is 0 Å². The fourth-order valence-electron chi connectivity index (χ4n) is 0.460. The van der Waals surface area contributed by atoms with Crippen LogP contribution in [0.2, 0.25) is 0 Å². The molecule has 0 saturated heterocycles. The molecule has 0 radical (unpaired) electrons. The van der Waals surface area contributed by atoms with E-state index in [1.807, 2.05) is 27.7 Å². The molecule has 0 unspecified atom stereocenters. The predicted octanol–water partition coefficient (Wildman–Crippen LogP) is 3.61. The van der Waals surface area contributed by atoms with Crippen LogP contribution >= 0.6 is 0 Å². The van der Waals surface area contributed by atoms with Crippen molar-refractivity contribution in [1.82, 2.24) is 4.90 Å². The van der Waals surface area contributed by atoms with Crippen LogP contribution in [0.4, 0.5) is 0 Å². The first-order valence-corrected chi connectivity index (χ1v) is 5.06. The molecule has 0 fully saturated rings. The van der Waals surface area contributed by atoms with Gasteiger partial charge in [-0.2, -0.15) is 0 Å². The summed E-state index contributed by atoms with van der Waals surface area (Å²) in [6.45, 7) is 18.6. The maximum Gasteiger partial charge on any atom is 0.252 e. The highest BCUT2D eigenvalue weighted by Crippen LogP contribution is 2.01. The van der Waals surface area contributed by atoms with Gasteiger partial charge in [-0.25, -0.2) is 0 Å². The normalized spacial score (nSPS) is 7.07. The van der Waals surface area contributed by atoms with Crippen LogP contribution in [0, 0.1) is 0 Å². The van der Waals surface area contributed by atoms with Crippen molar-refractivity contribution in [2.75, 3.05) is 7.05 Å². The summed E-state index contributed by atoms with van der Waals surface area (Å²) >= 11 is 0. The van der Waals surface area contributed by atoms with Crippen LogP contribution in [-0.2, 0) is 4.79 Å². The number of carbonyl (C=O) groups excluding carboxylic acids is 1. The van der Waals surface area contributed by atoms with Crippen molar-refractivity contribution in [1.29, 1.82) is 0 Å². The molecule has 0 aliphatic carbocycles. The average Bonchev–Trinajstić information content (AvgIpc) is 2.21. The lowest BCUT2D eigenvalue weighted by atomic mass is 10.3. The Morgan fingerprint density at radius 3 is 1.36 bits per heavy atom. The van der Waals surface area contributed by atoms with Crippen molar-refractivity contribution in [3.8, 4) is 0 Å². The third-order valence-electron chi connectivity index (χ3n) is 1.24. The SMILES string of the molecule is C=C(C)C(=O)N(C)C(=C)C.CC.CC. The van der Waals surface area contributed by atoms with Crippen molar-refractivity contribution in [2.24, 2.45) is 0 Å². The molecule has 84 valence electrons. The van der Waals surface area contributed by atoms with Crippen LogP contribution in [0.1, 0.15) is 41.5 Å². The Morgan fingerprint density at radius 1 is 1.00 bits per heavy atom. The van der Waals surface area contributed by atoms with Gasteiger partial charge in [0.1, 0.15) is 0 Å². The highest BCUT2D eigenvalue weighted by atomic mass is 16.2. The second-order valence-corrected chi connectivity index (χ2v) is 2.38. The maximum atomic E-state index is 11.0. The van der Waals surface area contributed by atoms with Gasteiger partial charge in [0.2, 0.25) is 0 Å². The Hall–Kier alpha value is -1.05. The van der Waals surface area contributed by atoms with Crippen LogP contribution < -0.4 is 0 Å². The van der Waals surface area contributed by atoms with Crippen LogP contribution in [0.5, 0.6) is 0 Å². The summed E-state index contributed by atoms with van der Waals surface area (Å²) in [6, 6.07) is 0. The highest BCUT2D eigenvalue weighted by Gasteiger charge is 2.07. The quantitative estimate of drug-likeness (QED) is 0.622. The third-order valence-corrected chi connectivity index (χ3v) is 1.24. The zero-order chi connectivity index (χ0) is 12.3. The molecule has 14 heavy (non-hydrogen) atoms. The first-order chi connectivity index (χ1) is 6.46. The summed E-state index contributed by atoms with van der Waals surface area (Å²) in [7, 11) is 1.68. The number of nitrogens with zero attached hydrogens (tertiary/aromatic N) is 1. The molecule has 0 aliphatic heterocycles. The fourth-order valence-corrected chi connectivity index (χ4v) is 0.460. The molecular weight excluding hydrogens is 174 g/mol. The van der Waals surface area contributed by atoms with Gasteiger partial charge >= 0.3 is 0 Å². The molecule has 0 bridgehead atoms. The lowest BCUT2D eigenvalue weighted by molar-refractivity contribution is -0.124. The summed E-state index contributed by atoms with van der Waals surface area (Å²) in [5.74, 6) is -0.0764. The van der Waals surface area contributed by atoms with Gasteiger partial charge in [-0.15, -0.1) is 0 Å². The summed E-state index contributed by atoms with van der Waals surface area (Å²) in [5, 5.41) is 0. The predicted molar refractivity (Wildman–Crippen MR) is 65.1 cm³/mol. The second kappa shape index (κ2) is 11.9. The van der Waals surface area contributed by atoms with Gasteiger partial charge in [0.05, 0.1) is 0 Å². The van der Waals surface area contributed by atoms with Crippen LogP contribution in [0.3, 0.4) is 0 Å². The monoisotopic (exact) mass is 199 g/mol. The zero-order valence-corrected chi connectivity index (χ0v) is 10.8. The average molecular weight is 199 g/mol. The Kier molecular flexibility index (Phi) is 15.9. The molecule has 0 aliphatic rings. The number of allylic oxidation sites excluding steroid dienone is 1. The van der Waals surface area contributed by atoms with Crippen molar-refractivity contribution in [3.63, 3.8) is 0 Å². The minimum atomic E-state index is -0.0764. The van der Waals surface area contributed by atoms with E-state index in [1.165, 1.54) is 4.90 Å². The van der Waals surface area contributed by atoms with E-state index < -0.39 is 0 Å². The Bertz CT molecular complexity index is 183. The van der Waals surface area contributed by atoms with Gasteiger partial charge < -0.3 is 4.90 Å². The summed E-state index contributed by atoms with van der Waals surface area (Å²) in [6.07, 6.45) is 0. The molecule has 0 rings (SSSR count). The molecule has 0 aromatic heterocycles. The van der Waals surface area contributed by atoms with E-state index >= 15 is 0 Å². The molecule has 0 saturated carbocycles. The van der Waals surface area contributed by atoms with Crippen LogP contribution in [0.15, 0.2) is 24.4 Å². The molecule has 2 nitrogen and oxygen atoms in total. The van der Waals surface area contributed by atoms with Crippen molar-refractivity contribution in [2.45, 2.75) is 41.5 Å². The number of hydrogen-bond acceptors (Lipinski definition) is 1. The largest absolute Gasteiger partial charge is 0.316 e. The number of amides is 1. The second-order valence-electron chi connectivity index (χ2n) is 2.38. The van der Waals surface area contributed by atoms with Crippen molar-refractivity contribution in [3.05, 3.63) is 24.4 Å². The number of likely N-dealkylation sites (N-methyl/N-ethyl adjacent to an activating group) is 1. The Balaban J connectivity index is -0.000000266. The standard InChI is InChI=1S/C8H13NO.2C2H6/c1-6(2)8(10)9(5)7(3)4;2*1-2/h1,3H2,2,4-5H3;2*1-2H3. The molecule has 1 amide bonds. The first-order valence-electron chi connectivity index (χ1n) is 5.06. The summed E-state index contributed by atoms with van der Waals surface area (Å²) in [4.78, 5) is 12.5. The smallest absolute Gasteiger partial charge is 0.252 e. The molecule has 2 heteroatoms. The summed E-state index contributed by atoms with van der Waals surface area (Å²) < 4.78 is 0. The summed E-state index contributed by atoms with van der Waals surface area (Å²) in [5.41, 5.74) is 1.26. The van der Waals surface area contributed by atoms with Crippen molar-refractivity contribution >= 4 is 5.91 Å². The van der Waals surface area contributed by atoms with Crippen molar-refractivity contribution < 1.29 is 4.79 Å². The van der Waals surface area contributed by atoms with E-state index in [2.05, 4.69) is 13.2 Å². The molecule has 0 atom stereocenters. The van der Waals surface area contributed by atoms with E-state index in [1.54, 1.807) is 20.9 Å². The fraction of sp³-hybridized carbons (Fsp3) is 0.583. The number of carbonyl (C=O) groups is 1. The maximum absolute atomic E-state index is 11.0. The first kappa shape index (κ1) is 18.7. The van der Waals surface area contributed by atoms with Gasteiger partial charge in [-0.05, 0) is 13.8 Å². The molecule has 0 aromatic rings. The molecule has 0 N–H and O–H groups in total. The number of rotatable bonds is 2. The third kappa shape index (κ3) is 9.04. The lowest BCUT2D eigenvalue weighted by Gasteiger charge is -2.15. The van der Waals surface area contributed by atoms with Gasteiger partial charge in [-0.1, -0.05) is 40.9 Å². The van der Waals surface area contributed by atoms with Crippen LogP contribution in [-0.4, -0.2) is 17.9 Å². The van der Waals surface area contributed by atoms with Gasteiger partial charge in [0, 0.05) is 18.3 Å². The van der Waals surface area contributed by atoms with Gasteiger partial charge in [0.25, 0.3) is 5.91 Å². The van der Waals surface area contributed by atoms with E-state index in [0.29, 0.717) is 5.57 Å². The molecular formula is C12H25NO.